The van der Waals surface area contributed by atoms with Crippen LogP contribution in [0.5, 0.6) is 0 Å². The monoisotopic (exact) mass is 600 g/mol. The molecule has 1 heteroatoms. The first-order valence-corrected chi connectivity index (χ1v) is 15.8. The van der Waals surface area contributed by atoms with E-state index in [1.807, 2.05) is 24.3 Å². The predicted octanol–water partition coefficient (Wildman–Crippen LogP) is 13.5. The van der Waals surface area contributed by atoms with Gasteiger partial charge in [-0.3, -0.25) is 0 Å². The molecule has 8 rings (SSSR count). The van der Waals surface area contributed by atoms with Crippen LogP contribution in [0.1, 0.15) is 22.3 Å². The van der Waals surface area contributed by atoms with Gasteiger partial charge in [-0.1, -0.05) is 154 Å². The average Bonchev–Trinajstić information content (AvgIpc) is 3.52. The molecule has 1 nitrogen and oxygen atoms in total. The number of fused-ring (bicyclic) bond motifs is 6. The summed E-state index contributed by atoms with van der Waals surface area (Å²) in [4.78, 5) is 0. The van der Waals surface area contributed by atoms with E-state index < -0.39 is 0 Å². The van der Waals surface area contributed by atoms with Gasteiger partial charge in [0.1, 0.15) is 11.2 Å². The summed E-state index contributed by atoms with van der Waals surface area (Å²) in [5.41, 5.74) is 12.9. The Bertz CT molecular complexity index is 2570. The van der Waals surface area contributed by atoms with Crippen molar-refractivity contribution in [1.29, 1.82) is 0 Å². The molecule has 222 valence electrons. The first kappa shape index (κ1) is 28.3. The summed E-state index contributed by atoms with van der Waals surface area (Å²) >= 11 is 0. The van der Waals surface area contributed by atoms with Crippen LogP contribution in [-0.2, 0) is 0 Å². The standard InChI is InChI=1S/C46H32O/c1-5-29-15-13-19-37(34(29)6-2)31-20-22-32(23-21-31)44-35(7-3)36(8-4)45(40-18-12-11-17-39(40)44)33-25-27-43-42(28-33)41-26-24-30-14-9-10-16-38(30)46(41)47-43/h5-28H,1-4H2. The Morgan fingerprint density at radius 3 is 1.72 bits per heavy atom. The molecule has 0 aliphatic rings. The van der Waals surface area contributed by atoms with Crippen molar-refractivity contribution in [3.05, 3.63) is 170 Å². The molecule has 7 aromatic carbocycles. The Hall–Kier alpha value is -6.18. The lowest BCUT2D eigenvalue weighted by Gasteiger charge is -2.20. The maximum Gasteiger partial charge on any atom is 0.143 e. The van der Waals surface area contributed by atoms with Gasteiger partial charge in [0.25, 0.3) is 0 Å². The lowest BCUT2D eigenvalue weighted by atomic mass is 9.83. The van der Waals surface area contributed by atoms with Gasteiger partial charge in [-0.25, -0.2) is 0 Å². The second-order valence-electron chi connectivity index (χ2n) is 11.8. The maximum absolute atomic E-state index is 6.44. The smallest absolute Gasteiger partial charge is 0.143 e. The quantitative estimate of drug-likeness (QED) is 0.177. The summed E-state index contributed by atoms with van der Waals surface area (Å²) in [7, 11) is 0. The Morgan fingerprint density at radius 1 is 0.426 bits per heavy atom. The molecule has 1 heterocycles. The normalized spacial score (nSPS) is 11.3. The van der Waals surface area contributed by atoms with Gasteiger partial charge in [0.2, 0.25) is 0 Å². The zero-order chi connectivity index (χ0) is 32.1. The Morgan fingerprint density at radius 2 is 1.04 bits per heavy atom. The van der Waals surface area contributed by atoms with Gasteiger partial charge < -0.3 is 4.42 Å². The van der Waals surface area contributed by atoms with Gasteiger partial charge >= 0.3 is 0 Å². The van der Waals surface area contributed by atoms with Crippen LogP contribution in [0.2, 0.25) is 0 Å². The van der Waals surface area contributed by atoms with Crippen LogP contribution >= 0.6 is 0 Å². The molecule has 0 saturated carbocycles. The fourth-order valence-electron chi connectivity index (χ4n) is 7.24. The summed E-state index contributed by atoms with van der Waals surface area (Å²) in [5.74, 6) is 0. The molecule has 1 aromatic heterocycles. The summed E-state index contributed by atoms with van der Waals surface area (Å²) in [6.45, 7) is 16.7. The van der Waals surface area contributed by atoms with Gasteiger partial charge in [0.05, 0.1) is 0 Å². The van der Waals surface area contributed by atoms with Crippen LogP contribution in [0.3, 0.4) is 0 Å². The van der Waals surface area contributed by atoms with Crippen molar-refractivity contribution in [1.82, 2.24) is 0 Å². The minimum atomic E-state index is 0.878. The summed E-state index contributed by atoms with van der Waals surface area (Å²) in [5, 5.41) is 6.84. The first-order chi connectivity index (χ1) is 23.1. The van der Waals surface area contributed by atoms with E-state index in [1.165, 1.54) is 10.8 Å². The molecule has 0 amide bonds. The van der Waals surface area contributed by atoms with Gasteiger partial charge in [-0.15, -0.1) is 0 Å². The Balaban J connectivity index is 1.34. The van der Waals surface area contributed by atoms with Gasteiger partial charge in [-0.05, 0) is 90.0 Å². The van der Waals surface area contributed by atoms with E-state index in [0.717, 1.165) is 88.3 Å². The Labute approximate surface area is 274 Å². The fourth-order valence-corrected chi connectivity index (χ4v) is 7.24. The first-order valence-electron chi connectivity index (χ1n) is 15.8. The SMILES string of the molecule is C=Cc1cccc(-c2ccc(-c3c(C=C)c(C=C)c(-c4ccc5oc6c7ccccc7ccc6c5c4)c4ccccc34)cc2)c1C=C. The second kappa shape index (κ2) is 11.3. The maximum atomic E-state index is 6.44. The minimum absolute atomic E-state index is 0.878. The molecule has 0 radical (unpaired) electrons. The zero-order valence-electron chi connectivity index (χ0n) is 26.1. The van der Waals surface area contributed by atoms with E-state index in [1.54, 1.807) is 0 Å². The zero-order valence-corrected chi connectivity index (χ0v) is 26.1. The lowest BCUT2D eigenvalue weighted by molar-refractivity contribution is 0.672. The van der Waals surface area contributed by atoms with E-state index >= 15 is 0 Å². The third-order valence-corrected chi connectivity index (χ3v) is 9.40. The van der Waals surface area contributed by atoms with Crippen molar-refractivity contribution in [3.63, 3.8) is 0 Å². The molecule has 0 fully saturated rings. The number of benzene rings is 7. The fraction of sp³-hybridized carbons (Fsp3) is 0. The van der Waals surface area contributed by atoms with E-state index in [9.17, 15) is 0 Å². The van der Waals surface area contributed by atoms with Crippen LogP contribution in [0.25, 0.3) is 101 Å². The molecular weight excluding hydrogens is 569 g/mol. The van der Waals surface area contributed by atoms with Gasteiger partial charge in [0, 0.05) is 16.2 Å². The van der Waals surface area contributed by atoms with E-state index in [4.69, 9.17) is 4.42 Å². The topological polar surface area (TPSA) is 13.1 Å². The number of rotatable bonds is 7. The Kier molecular flexibility index (Phi) is 6.82. The summed E-state index contributed by atoms with van der Waals surface area (Å²) in [6, 6.07) is 43.0. The van der Waals surface area contributed by atoms with Crippen LogP contribution in [0, 0.1) is 0 Å². The number of furan rings is 1. The van der Waals surface area contributed by atoms with Crippen molar-refractivity contribution < 1.29 is 4.42 Å². The molecule has 0 unspecified atom stereocenters. The third-order valence-electron chi connectivity index (χ3n) is 9.40. The molecular formula is C46H32O. The van der Waals surface area contributed by atoms with E-state index in [0.29, 0.717) is 0 Å². The lowest BCUT2D eigenvalue weighted by Crippen LogP contribution is -1.96. The molecule has 0 aliphatic carbocycles. The highest BCUT2D eigenvalue weighted by Crippen LogP contribution is 2.45. The molecule has 0 N–H and O–H groups in total. The molecule has 47 heavy (non-hydrogen) atoms. The predicted molar refractivity (Wildman–Crippen MR) is 205 cm³/mol. The molecule has 0 atom stereocenters. The van der Waals surface area contributed by atoms with Gasteiger partial charge in [-0.2, -0.15) is 0 Å². The van der Waals surface area contributed by atoms with E-state index in [-0.39, 0.29) is 0 Å². The van der Waals surface area contributed by atoms with E-state index in [2.05, 4.69) is 148 Å². The molecule has 8 aromatic rings. The van der Waals surface area contributed by atoms with Crippen LogP contribution in [0.15, 0.2) is 152 Å². The highest BCUT2D eigenvalue weighted by molar-refractivity contribution is 6.17. The summed E-state index contributed by atoms with van der Waals surface area (Å²) < 4.78 is 6.44. The molecule has 0 bridgehead atoms. The largest absolute Gasteiger partial charge is 0.455 e. The molecule has 0 aliphatic heterocycles. The van der Waals surface area contributed by atoms with Crippen molar-refractivity contribution in [2.45, 2.75) is 0 Å². The van der Waals surface area contributed by atoms with Crippen LogP contribution in [0.4, 0.5) is 0 Å². The van der Waals surface area contributed by atoms with Crippen molar-refractivity contribution in [2.75, 3.05) is 0 Å². The highest BCUT2D eigenvalue weighted by atomic mass is 16.3. The van der Waals surface area contributed by atoms with Crippen LogP contribution in [-0.4, -0.2) is 0 Å². The van der Waals surface area contributed by atoms with Crippen molar-refractivity contribution in [3.8, 4) is 33.4 Å². The van der Waals surface area contributed by atoms with Crippen molar-refractivity contribution in [2.24, 2.45) is 0 Å². The molecule has 0 spiro atoms. The highest BCUT2D eigenvalue weighted by Gasteiger charge is 2.20. The second-order valence-corrected chi connectivity index (χ2v) is 11.8. The molecule has 0 saturated heterocycles. The van der Waals surface area contributed by atoms with Gasteiger partial charge in [0.15, 0.2) is 0 Å². The minimum Gasteiger partial charge on any atom is -0.455 e. The average molecular weight is 601 g/mol. The summed E-state index contributed by atoms with van der Waals surface area (Å²) in [6.07, 6.45) is 7.73. The van der Waals surface area contributed by atoms with Crippen LogP contribution < -0.4 is 0 Å². The van der Waals surface area contributed by atoms with Crippen molar-refractivity contribution >= 4 is 67.8 Å². The number of hydrogen-bond acceptors (Lipinski definition) is 1. The number of hydrogen-bond donors (Lipinski definition) is 0. The third kappa shape index (κ3) is 4.40.